The van der Waals surface area contributed by atoms with Crippen LogP contribution in [0.5, 0.6) is 0 Å². The number of hydrogen-bond acceptors (Lipinski definition) is 1. The van der Waals surface area contributed by atoms with E-state index in [1.165, 1.54) is 0 Å². The molecule has 0 saturated heterocycles. The summed E-state index contributed by atoms with van der Waals surface area (Å²) in [7, 11) is -2.63. The van der Waals surface area contributed by atoms with E-state index in [-0.39, 0.29) is 0 Å². The smallest absolute Gasteiger partial charge is 0.140 e. The lowest BCUT2D eigenvalue weighted by Crippen LogP contribution is -2.19. The quantitative estimate of drug-likeness (QED) is 0.743. The lowest BCUT2D eigenvalue weighted by molar-refractivity contribution is 0.590. The fourth-order valence-electron chi connectivity index (χ4n) is 2.33. The molecular weight excluding hydrogens is 298 g/mol. The maximum absolute atomic E-state index is 13.2. The summed E-state index contributed by atoms with van der Waals surface area (Å²) in [5.74, 6) is 0. The van der Waals surface area contributed by atoms with Gasteiger partial charge in [0.2, 0.25) is 0 Å². The summed E-state index contributed by atoms with van der Waals surface area (Å²) in [5.41, 5.74) is 1.90. The van der Waals surface area contributed by atoms with E-state index in [9.17, 15) is 4.57 Å². The molecule has 2 aromatic carbocycles. The van der Waals surface area contributed by atoms with Gasteiger partial charge >= 0.3 is 0 Å². The van der Waals surface area contributed by atoms with Crippen molar-refractivity contribution < 1.29 is 4.57 Å². The van der Waals surface area contributed by atoms with Gasteiger partial charge in [-0.15, -0.1) is 0 Å². The summed E-state index contributed by atoms with van der Waals surface area (Å²) in [6.07, 6.45) is 0. The van der Waals surface area contributed by atoms with Gasteiger partial charge in [0.1, 0.15) is 7.14 Å². The van der Waals surface area contributed by atoms with Gasteiger partial charge in [0.15, 0.2) is 0 Å². The van der Waals surface area contributed by atoms with Crippen molar-refractivity contribution in [3.8, 4) is 0 Å². The molecular formula is C15H15Cl2OP. The highest BCUT2D eigenvalue weighted by molar-refractivity contribution is 7.78. The van der Waals surface area contributed by atoms with Crippen LogP contribution in [0.1, 0.15) is 11.1 Å². The monoisotopic (exact) mass is 312 g/mol. The van der Waals surface area contributed by atoms with Crippen molar-refractivity contribution in [2.75, 3.05) is 6.66 Å². The number of rotatable bonds is 2. The Hall–Kier alpha value is -0.750. The average molecular weight is 313 g/mol. The molecule has 0 aliphatic rings. The van der Waals surface area contributed by atoms with Gasteiger partial charge in [0, 0.05) is 20.7 Å². The Labute approximate surface area is 123 Å². The van der Waals surface area contributed by atoms with Crippen LogP contribution >= 0.6 is 30.3 Å². The van der Waals surface area contributed by atoms with Gasteiger partial charge in [-0.2, -0.15) is 0 Å². The molecule has 2 rings (SSSR count). The SMILES string of the molecule is Cc1cc(Cl)ccc1P(C)(=O)c1ccc(Cl)cc1C. The summed E-state index contributed by atoms with van der Waals surface area (Å²) in [6, 6.07) is 11.0. The third-order valence-electron chi connectivity index (χ3n) is 3.24. The standard InChI is InChI=1S/C15H15Cl2OP/c1-10-8-12(16)4-6-14(10)19(3,18)15-7-5-13(17)9-11(15)2/h4-9H,1-3H3. The molecule has 2 aromatic rings. The second-order valence-electron chi connectivity index (χ2n) is 4.79. The van der Waals surface area contributed by atoms with Crippen molar-refractivity contribution in [3.05, 3.63) is 57.6 Å². The van der Waals surface area contributed by atoms with Gasteiger partial charge < -0.3 is 4.57 Å². The summed E-state index contributed by atoms with van der Waals surface area (Å²) in [5, 5.41) is 3.02. The molecule has 0 spiro atoms. The first-order valence-electron chi connectivity index (χ1n) is 5.93. The molecule has 0 aromatic heterocycles. The van der Waals surface area contributed by atoms with Crippen LogP contribution in [-0.2, 0) is 4.57 Å². The lowest BCUT2D eigenvalue weighted by Gasteiger charge is -2.18. The maximum Gasteiger partial charge on any atom is 0.140 e. The molecule has 0 atom stereocenters. The number of aryl methyl sites for hydroxylation is 2. The van der Waals surface area contributed by atoms with E-state index < -0.39 is 7.14 Å². The predicted molar refractivity (Wildman–Crippen MR) is 85.2 cm³/mol. The Morgan fingerprint density at radius 2 is 1.21 bits per heavy atom. The molecule has 0 fully saturated rings. The van der Waals surface area contributed by atoms with Crippen molar-refractivity contribution in [2.45, 2.75) is 13.8 Å². The molecule has 100 valence electrons. The summed E-state index contributed by atoms with van der Waals surface area (Å²) in [4.78, 5) is 0. The summed E-state index contributed by atoms with van der Waals surface area (Å²) >= 11 is 11.9. The van der Waals surface area contributed by atoms with E-state index >= 15 is 0 Å². The van der Waals surface area contributed by atoms with E-state index in [2.05, 4.69) is 0 Å². The molecule has 0 aliphatic carbocycles. The molecule has 0 radical (unpaired) electrons. The largest absolute Gasteiger partial charge is 0.314 e. The van der Waals surface area contributed by atoms with Crippen LogP contribution in [0.4, 0.5) is 0 Å². The van der Waals surface area contributed by atoms with Gasteiger partial charge in [0.25, 0.3) is 0 Å². The Morgan fingerprint density at radius 3 is 1.53 bits per heavy atom. The van der Waals surface area contributed by atoms with Crippen molar-refractivity contribution in [1.29, 1.82) is 0 Å². The van der Waals surface area contributed by atoms with E-state index in [1.54, 1.807) is 18.8 Å². The van der Waals surface area contributed by atoms with Gasteiger partial charge in [-0.25, -0.2) is 0 Å². The van der Waals surface area contributed by atoms with E-state index in [4.69, 9.17) is 23.2 Å². The zero-order valence-electron chi connectivity index (χ0n) is 11.1. The van der Waals surface area contributed by atoms with Crippen molar-refractivity contribution in [1.82, 2.24) is 0 Å². The molecule has 19 heavy (non-hydrogen) atoms. The number of benzene rings is 2. The lowest BCUT2D eigenvalue weighted by atomic mass is 10.2. The molecule has 4 heteroatoms. The van der Waals surface area contributed by atoms with Crippen LogP contribution in [-0.4, -0.2) is 6.66 Å². The zero-order valence-corrected chi connectivity index (χ0v) is 13.5. The van der Waals surface area contributed by atoms with E-state index in [1.807, 2.05) is 38.1 Å². The van der Waals surface area contributed by atoms with E-state index in [0.29, 0.717) is 10.0 Å². The normalized spacial score (nSPS) is 11.6. The Kier molecular flexibility index (Phi) is 4.11. The molecule has 0 saturated carbocycles. The van der Waals surface area contributed by atoms with Crippen LogP contribution in [0, 0.1) is 13.8 Å². The van der Waals surface area contributed by atoms with Crippen molar-refractivity contribution in [2.24, 2.45) is 0 Å². The third kappa shape index (κ3) is 2.89. The molecule has 1 nitrogen and oxygen atoms in total. The molecule has 0 amide bonds. The Balaban J connectivity index is 2.61. The topological polar surface area (TPSA) is 17.1 Å². The van der Waals surface area contributed by atoms with Crippen LogP contribution < -0.4 is 10.6 Å². The van der Waals surface area contributed by atoms with Crippen LogP contribution in [0.2, 0.25) is 10.0 Å². The minimum atomic E-state index is -2.63. The predicted octanol–water partition coefficient (Wildman–Crippen LogP) is 4.55. The zero-order chi connectivity index (χ0) is 14.2. The van der Waals surface area contributed by atoms with Crippen LogP contribution in [0.3, 0.4) is 0 Å². The average Bonchev–Trinajstić information content (AvgIpc) is 2.27. The highest BCUT2D eigenvalue weighted by Gasteiger charge is 2.24. The van der Waals surface area contributed by atoms with Gasteiger partial charge in [-0.3, -0.25) is 0 Å². The molecule has 0 heterocycles. The minimum absolute atomic E-state index is 0.661. The Morgan fingerprint density at radius 1 is 0.842 bits per heavy atom. The first-order valence-corrected chi connectivity index (χ1v) is 8.84. The van der Waals surface area contributed by atoms with Gasteiger partial charge in [0.05, 0.1) is 0 Å². The second kappa shape index (κ2) is 5.32. The summed E-state index contributed by atoms with van der Waals surface area (Å²) < 4.78 is 13.2. The van der Waals surface area contributed by atoms with Gasteiger partial charge in [-0.1, -0.05) is 23.2 Å². The highest BCUT2D eigenvalue weighted by atomic mass is 35.5. The third-order valence-corrected chi connectivity index (χ3v) is 6.55. The first kappa shape index (κ1) is 14.7. The fourth-order valence-corrected chi connectivity index (χ4v) is 5.23. The minimum Gasteiger partial charge on any atom is -0.314 e. The van der Waals surface area contributed by atoms with Gasteiger partial charge in [-0.05, 0) is 68.0 Å². The first-order chi connectivity index (χ1) is 8.82. The number of halogens is 2. The van der Waals surface area contributed by atoms with E-state index in [0.717, 1.165) is 21.7 Å². The molecule has 0 bridgehead atoms. The molecule has 0 aliphatic heterocycles. The number of hydrogen-bond donors (Lipinski definition) is 0. The summed E-state index contributed by atoms with van der Waals surface area (Å²) in [6.45, 7) is 5.66. The molecule has 0 N–H and O–H groups in total. The van der Waals surface area contributed by atoms with Crippen LogP contribution in [0.25, 0.3) is 0 Å². The fraction of sp³-hybridized carbons (Fsp3) is 0.200. The van der Waals surface area contributed by atoms with Crippen LogP contribution in [0.15, 0.2) is 36.4 Å². The maximum atomic E-state index is 13.2. The second-order valence-corrected chi connectivity index (χ2v) is 8.47. The van der Waals surface area contributed by atoms with Crippen molar-refractivity contribution >= 4 is 41.0 Å². The highest BCUT2D eigenvalue weighted by Crippen LogP contribution is 2.41. The van der Waals surface area contributed by atoms with Crippen molar-refractivity contribution in [3.63, 3.8) is 0 Å². The Bertz CT molecular complexity index is 624. The molecule has 0 unspecified atom stereocenters.